The van der Waals surface area contributed by atoms with Crippen LogP contribution in [-0.4, -0.2) is 53.8 Å². The number of tetrazole rings is 1. The third-order valence-corrected chi connectivity index (χ3v) is 4.03. The Hall–Kier alpha value is -3.50. The maximum absolute atomic E-state index is 13.4. The van der Waals surface area contributed by atoms with Crippen LogP contribution in [0.15, 0.2) is 48.5 Å². The molecule has 0 saturated heterocycles. The summed E-state index contributed by atoms with van der Waals surface area (Å²) in [6.45, 7) is 0.487. The molecule has 0 aliphatic carbocycles. The zero-order valence-corrected chi connectivity index (χ0v) is 16.0. The lowest BCUT2D eigenvalue weighted by molar-refractivity contribution is -0.103. The number of hydrogen-bond donors (Lipinski definition) is 0. The van der Waals surface area contributed by atoms with Gasteiger partial charge >= 0.3 is 0 Å². The summed E-state index contributed by atoms with van der Waals surface area (Å²) < 4.78 is 37.0. The first-order valence-corrected chi connectivity index (χ1v) is 8.84. The maximum Gasteiger partial charge on any atom is 0.226 e. The van der Waals surface area contributed by atoms with Crippen LogP contribution >= 0.6 is 0 Å². The molecule has 2 aromatic carbocycles. The van der Waals surface area contributed by atoms with Crippen LogP contribution in [0, 0.1) is 11.6 Å². The average Bonchev–Trinajstić information content (AvgIpc) is 3.22. The molecule has 0 aliphatic rings. The second kappa shape index (κ2) is 10.3. The Balaban J connectivity index is 2.04. The van der Waals surface area contributed by atoms with Crippen molar-refractivity contribution in [2.45, 2.75) is 0 Å². The SMILES string of the molecule is COCCOCOn1nnnc1C(C=O)=C(c1ccc(F)cc1)c1ccc(F)cc1. The minimum atomic E-state index is -0.439. The number of carbonyl (C=O) groups excluding carboxylic acids is 1. The molecule has 0 spiro atoms. The van der Waals surface area contributed by atoms with Crippen LogP contribution < -0.4 is 4.84 Å². The molecule has 0 radical (unpaired) electrons. The lowest BCUT2D eigenvalue weighted by Crippen LogP contribution is -2.20. The van der Waals surface area contributed by atoms with E-state index in [4.69, 9.17) is 14.3 Å². The van der Waals surface area contributed by atoms with E-state index in [0.29, 0.717) is 36.2 Å². The van der Waals surface area contributed by atoms with Crippen LogP contribution in [0.3, 0.4) is 0 Å². The molecule has 0 amide bonds. The van der Waals surface area contributed by atoms with E-state index in [9.17, 15) is 13.6 Å². The fourth-order valence-electron chi connectivity index (χ4n) is 2.65. The first-order valence-electron chi connectivity index (χ1n) is 8.84. The van der Waals surface area contributed by atoms with Crippen molar-refractivity contribution in [3.05, 3.63) is 77.1 Å². The van der Waals surface area contributed by atoms with E-state index < -0.39 is 11.6 Å². The van der Waals surface area contributed by atoms with Crippen LogP contribution in [-0.2, 0) is 14.3 Å². The van der Waals surface area contributed by atoms with Gasteiger partial charge in [-0.15, -0.1) is 5.10 Å². The fraction of sp³-hybridized carbons (Fsp3) is 0.200. The standard InChI is InChI=1S/C20H18F2N4O4/c1-28-10-11-29-13-30-26-20(23-24-25-26)18(12-27)19(14-2-6-16(21)7-3-14)15-4-8-17(22)9-5-15/h2-9,12H,10-11,13H2,1H3. The summed E-state index contributed by atoms with van der Waals surface area (Å²) in [6.07, 6.45) is 0.555. The van der Waals surface area contributed by atoms with Crippen LogP contribution in [0.2, 0.25) is 0 Å². The number of hydrogen-bond acceptors (Lipinski definition) is 7. The first-order chi connectivity index (χ1) is 14.6. The molecule has 0 bridgehead atoms. The maximum atomic E-state index is 13.4. The third-order valence-electron chi connectivity index (χ3n) is 4.03. The van der Waals surface area contributed by atoms with Crippen LogP contribution in [0.4, 0.5) is 8.78 Å². The molecule has 0 aliphatic heterocycles. The lowest BCUT2D eigenvalue weighted by atomic mass is 9.93. The molecule has 1 aromatic heterocycles. The van der Waals surface area contributed by atoms with Crippen molar-refractivity contribution in [1.82, 2.24) is 20.4 Å². The Morgan fingerprint density at radius 1 is 1.00 bits per heavy atom. The molecule has 3 rings (SSSR count). The third kappa shape index (κ3) is 5.10. The second-order valence-corrected chi connectivity index (χ2v) is 5.94. The molecule has 0 atom stereocenters. The smallest absolute Gasteiger partial charge is 0.226 e. The second-order valence-electron chi connectivity index (χ2n) is 5.94. The van der Waals surface area contributed by atoms with Gasteiger partial charge in [-0.1, -0.05) is 29.1 Å². The van der Waals surface area contributed by atoms with Gasteiger partial charge in [-0.25, -0.2) is 8.78 Å². The van der Waals surface area contributed by atoms with Crippen molar-refractivity contribution in [2.75, 3.05) is 27.1 Å². The molecular formula is C20H18F2N4O4. The summed E-state index contributed by atoms with van der Waals surface area (Å²) in [5, 5.41) is 11.1. The number of halogens is 2. The summed E-state index contributed by atoms with van der Waals surface area (Å²) in [7, 11) is 1.54. The number of aromatic nitrogens is 4. The molecule has 0 unspecified atom stereocenters. The number of ether oxygens (including phenoxy) is 2. The van der Waals surface area contributed by atoms with Crippen molar-refractivity contribution in [3.8, 4) is 0 Å². The summed E-state index contributed by atoms with van der Waals surface area (Å²) in [5.74, 6) is -0.874. The molecule has 10 heteroatoms. The van der Waals surface area contributed by atoms with Gasteiger partial charge in [0.1, 0.15) is 11.6 Å². The quantitative estimate of drug-likeness (QED) is 0.217. The van der Waals surface area contributed by atoms with Gasteiger partial charge in [-0.05, 0) is 45.8 Å². The minimum Gasteiger partial charge on any atom is -0.382 e. The number of methoxy groups -OCH3 is 1. The topological polar surface area (TPSA) is 88.4 Å². The number of carbonyl (C=O) groups is 1. The summed E-state index contributed by atoms with van der Waals surface area (Å²) >= 11 is 0. The van der Waals surface area contributed by atoms with Gasteiger partial charge in [0.15, 0.2) is 6.29 Å². The molecule has 3 aromatic rings. The number of benzene rings is 2. The molecular weight excluding hydrogens is 398 g/mol. The van der Waals surface area contributed by atoms with Gasteiger partial charge in [0.05, 0.1) is 18.8 Å². The van der Waals surface area contributed by atoms with E-state index in [0.717, 1.165) is 4.85 Å². The predicted molar refractivity (Wildman–Crippen MR) is 102 cm³/mol. The average molecular weight is 416 g/mol. The Kier molecular flexibility index (Phi) is 7.30. The van der Waals surface area contributed by atoms with Crippen LogP contribution in [0.25, 0.3) is 11.1 Å². The Morgan fingerprint density at radius 3 is 2.13 bits per heavy atom. The van der Waals surface area contributed by atoms with Crippen LogP contribution in [0.5, 0.6) is 0 Å². The number of aldehydes is 1. The van der Waals surface area contributed by atoms with Gasteiger partial charge in [-0.3, -0.25) is 4.79 Å². The lowest BCUT2D eigenvalue weighted by Gasteiger charge is -2.13. The Labute approximate surface area is 170 Å². The van der Waals surface area contributed by atoms with E-state index in [1.807, 2.05) is 0 Å². The van der Waals surface area contributed by atoms with Crippen LogP contribution in [0.1, 0.15) is 17.0 Å². The van der Waals surface area contributed by atoms with E-state index >= 15 is 0 Å². The van der Waals surface area contributed by atoms with E-state index in [1.54, 1.807) is 0 Å². The van der Waals surface area contributed by atoms with Crippen molar-refractivity contribution < 1.29 is 27.9 Å². The highest BCUT2D eigenvalue weighted by Crippen LogP contribution is 2.30. The highest BCUT2D eigenvalue weighted by Gasteiger charge is 2.20. The van der Waals surface area contributed by atoms with Crippen molar-refractivity contribution in [3.63, 3.8) is 0 Å². The van der Waals surface area contributed by atoms with Gasteiger partial charge in [0.2, 0.25) is 12.6 Å². The normalized spacial score (nSPS) is 10.6. The number of nitrogens with zero attached hydrogens (tertiary/aromatic N) is 4. The highest BCUT2D eigenvalue weighted by molar-refractivity contribution is 6.19. The van der Waals surface area contributed by atoms with E-state index in [1.165, 1.54) is 55.6 Å². The van der Waals surface area contributed by atoms with Gasteiger partial charge in [0.25, 0.3) is 0 Å². The van der Waals surface area contributed by atoms with E-state index in [2.05, 4.69) is 15.5 Å². The molecule has 156 valence electrons. The van der Waals surface area contributed by atoms with E-state index in [-0.39, 0.29) is 18.2 Å². The number of allylic oxidation sites excluding steroid dienone is 1. The summed E-state index contributed by atoms with van der Waals surface area (Å²) in [5.41, 5.74) is 1.46. The molecule has 8 nitrogen and oxygen atoms in total. The zero-order valence-electron chi connectivity index (χ0n) is 16.0. The van der Waals surface area contributed by atoms with Gasteiger partial charge in [-0.2, -0.15) is 0 Å². The fourth-order valence-corrected chi connectivity index (χ4v) is 2.65. The summed E-state index contributed by atoms with van der Waals surface area (Å²) in [6, 6.07) is 11.0. The molecule has 0 fully saturated rings. The largest absolute Gasteiger partial charge is 0.382 e. The van der Waals surface area contributed by atoms with Gasteiger partial charge < -0.3 is 14.3 Å². The molecule has 0 N–H and O–H groups in total. The molecule has 30 heavy (non-hydrogen) atoms. The zero-order chi connectivity index (χ0) is 21.3. The Morgan fingerprint density at radius 2 is 1.60 bits per heavy atom. The van der Waals surface area contributed by atoms with Crippen molar-refractivity contribution in [2.24, 2.45) is 0 Å². The van der Waals surface area contributed by atoms with Crippen molar-refractivity contribution in [1.29, 1.82) is 0 Å². The molecule has 1 heterocycles. The first kappa shape index (κ1) is 21.2. The van der Waals surface area contributed by atoms with Crippen molar-refractivity contribution >= 4 is 17.4 Å². The monoisotopic (exact) mass is 416 g/mol. The Bertz CT molecular complexity index is 957. The molecule has 0 saturated carbocycles. The highest BCUT2D eigenvalue weighted by atomic mass is 19.1. The predicted octanol–water partition coefficient (Wildman–Crippen LogP) is 2.16. The van der Waals surface area contributed by atoms with Gasteiger partial charge in [0, 0.05) is 12.7 Å². The minimum absolute atomic E-state index is 0.00370. The number of rotatable bonds is 10. The summed E-state index contributed by atoms with van der Waals surface area (Å²) in [4.78, 5) is 18.4.